The second-order valence-electron chi connectivity index (χ2n) is 6.13. The normalized spacial score (nSPS) is 29.3. The quantitative estimate of drug-likeness (QED) is 0.798. The van der Waals surface area contributed by atoms with Gasteiger partial charge in [0.25, 0.3) is 0 Å². The number of rotatable bonds is 4. The van der Waals surface area contributed by atoms with Crippen molar-refractivity contribution < 1.29 is 13.9 Å². The van der Waals surface area contributed by atoms with Crippen LogP contribution in [0.2, 0.25) is 0 Å². The third kappa shape index (κ3) is 2.84. The van der Waals surface area contributed by atoms with E-state index in [-0.39, 0.29) is 12.0 Å². The highest BCUT2D eigenvalue weighted by Gasteiger charge is 2.45. The van der Waals surface area contributed by atoms with E-state index in [0.717, 1.165) is 18.6 Å². The highest BCUT2D eigenvalue weighted by molar-refractivity contribution is 5.76. The van der Waals surface area contributed by atoms with E-state index in [1.807, 2.05) is 0 Å². The largest absolute Gasteiger partial charge is 0.468 e. The van der Waals surface area contributed by atoms with Crippen molar-refractivity contribution in [3.05, 3.63) is 17.8 Å². The van der Waals surface area contributed by atoms with Gasteiger partial charge in [0.15, 0.2) is 0 Å². The number of carbonyl (C=O) groups excluding carboxylic acids is 1. The zero-order valence-corrected chi connectivity index (χ0v) is 12.9. The van der Waals surface area contributed by atoms with E-state index < -0.39 is 0 Å². The fourth-order valence-electron chi connectivity index (χ4n) is 3.89. The molecule has 1 aliphatic carbocycles. The molecular weight excluding hydrogens is 268 g/mol. The maximum Gasteiger partial charge on any atom is 0.323 e. The van der Waals surface area contributed by atoms with Gasteiger partial charge in [0.05, 0.1) is 19.9 Å². The van der Waals surface area contributed by atoms with Gasteiger partial charge in [0, 0.05) is 12.5 Å². The number of aryl methyl sites for hydroxylation is 1. The minimum Gasteiger partial charge on any atom is -0.468 e. The molecule has 3 atom stereocenters. The number of fused-ring (bicyclic) bond motifs is 1. The highest BCUT2D eigenvalue weighted by Crippen LogP contribution is 2.40. The van der Waals surface area contributed by atoms with Gasteiger partial charge in [-0.3, -0.25) is 9.69 Å². The molecule has 21 heavy (non-hydrogen) atoms. The maximum absolute atomic E-state index is 12.1. The van der Waals surface area contributed by atoms with Crippen LogP contribution in [0.1, 0.15) is 50.7 Å². The molecule has 0 N–H and O–H groups in total. The molecule has 116 valence electrons. The van der Waals surface area contributed by atoms with E-state index in [9.17, 15) is 4.79 Å². The van der Waals surface area contributed by atoms with E-state index in [1.165, 1.54) is 32.8 Å². The van der Waals surface area contributed by atoms with Crippen molar-refractivity contribution in [3.8, 4) is 0 Å². The molecule has 0 spiro atoms. The van der Waals surface area contributed by atoms with Crippen LogP contribution in [0.15, 0.2) is 10.6 Å². The molecule has 5 nitrogen and oxygen atoms in total. The van der Waals surface area contributed by atoms with Crippen LogP contribution in [0.5, 0.6) is 0 Å². The summed E-state index contributed by atoms with van der Waals surface area (Å²) in [7, 11) is 1.48. The first-order chi connectivity index (χ1) is 10.2. The van der Waals surface area contributed by atoms with E-state index >= 15 is 0 Å². The lowest BCUT2D eigenvalue weighted by Gasteiger charge is -2.32. The zero-order valence-electron chi connectivity index (χ0n) is 12.9. The average molecular weight is 292 g/mol. The number of ether oxygens (including phenoxy) is 1. The third-order valence-corrected chi connectivity index (χ3v) is 4.96. The summed E-state index contributed by atoms with van der Waals surface area (Å²) in [5.41, 5.74) is 0. The molecule has 0 unspecified atom stereocenters. The number of oxazole rings is 1. The standard InChI is InChI=1S/C16H24N2O3/c1-3-12-9-17-15(21-12)10-18-13-7-5-4-6-11(13)8-14(18)16(19)20-2/h9,11,13-14H,3-8,10H2,1-2H3/t11-,13-,14+/m1/s1. The Balaban J connectivity index is 1.78. The van der Waals surface area contributed by atoms with E-state index in [4.69, 9.17) is 9.15 Å². The minimum absolute atomic E-state index is 0.119. The van der Waals surface area contributed by atoms with Crippen LogP contribution in [0, 0.1) is 5.92 Å². The summed E-state index contributed by atoms with van der Waals surface area (Å²) >= 11 is 0. The van der Waals surface area contributed by atoms with Crippen LogP contribution in [-0.4, -0.2) is 35.0 Å². The number of aromatic nitrogens is 1. The lowest BCUT2D eigenvalue weighted by molar-refractivity contribution is -0.146. The summed E-state index contributed by atoms with van der Waals surface area (Å²) in [6, 6.07) is 0.333. The van der Waals surface area contributed by atoms with Gasteiger partial charge >= 0.3 is 5.97 Å². The number of methoxy groups -OCH3 is 1. The Morgan fingerprint density at radius 3 is 3.00 bits per heavy atom. The highest BCUT2D eigenvalue weighted by atomic mass is 16.5. The molecule has 1 aromatic heterocycles. The Hall–Kier alpha value is -1.36. The number of hydrogen-bond donors (Lipinski definition) is 0. The molecular formula is C16H24N2O3. The topological polar surface area (TPSA) is 55.6 Å². The molecule has 0 bridgehead atoms. The molecule has 1 saturated heterocycles. The first-order valence-corrected chi connectivity index (χ1v) is 8.00. The summed E-state index contributed by atoms with van der Waals surface area (Å²) < 4.78 is 10.7. The van der Waals surface area contributed by atoms with Crippen molar-refractivity contribution >= 4 is 5.97 Å². The van der Waals surface area contributed by atoms with Gasteiger partial charge in [0.1, 0.15) is 11.8 Å². The lowest BCUT2D eigenvalue weighted by atomic mass is 9.85. The average Bonchev–Trinajstić information content (AvgIpc) is 3.12. The summed E-state index contributed by atoms with van der Waals surface area (Å²) in [5.74, 6) is 2.11. The number of nitrogens with zero attached hydrogens (tertiary/aromatic N) is 2. The monoisotopic (exact) mass is 292 g/mol. The Morgan fingerprint density at radius 1 is 1.48 bits per heavy atom. The predicted octanol–water partition coefficient (Wildman–Crippen LogP) is 2.54. The molecule has 0 radical (unpaired) electrons. The van der Waals surface area contributed by atoms with Crippen molar-refractivity contribution in [1.29, 1.82) is 0 Å². The van der Waals surface area contributed by atoms with Gasteiger partial charge in [-0.25, -0.2) is 4.98 Å². The van der Waals surface area contributed by atoms with Gasteiger partial charge in [-0.1, -0.05) is 19.8 Å². The van der Waals surface area contributed by atoms with Gasteiger partial charge in [-0.15, -0.1) is 0 Å². The molecule has 0 amide bonds. The SMILES string of the molecule is CCc1cnc(CN2[C@@H]3CCCC[C@@H]3C[C@H]2C(=O)OC)o1. The van der Waals surface area contributed by atoms with Crippen molar-refractivity contribution in [2.24, 2.45) is 5.92 Å². The van der Waals surface area contributed by atoms with Crippen molar-refractivity contribution in [2.75, 3.05) is 7.11 Å². The molecule has 5 heteroatoms. The zero-order chi connectivity index (χ0) is 14.8. The first-order valence-electron chi connectivity index (χ1n) is 8.00. The van der Waals surface area contributed by atoms with Gasteiger partial charge < -0.3 is 9.15 Å². The Bertz CT molecular complexity index is 499. The molecule has 1 saturated carbocycles. The van der Waals surface area contributed by atoms with Crippen LogP contribution < -0.4 is 0 Å². The molecule has 1 aliphatic heterocycles. The second-order valence-corrected chi connectivity index (χ2v) is 6.13. The molecule has 1 aromatic rings. The second kappa shape index (κ2) is 6.18. The third-order valence-electron chi connectivity index (χ3n) is 4.96. The van der Waals surface area contributed by atoms with Gasteiger partial charge in [-0.05, 0) is 25.2 Å². The van der Waals surface area contributed by atoms with Gasteiger partial charge in [0.2, 0.25) is 5.89 Å². The molecule has 3 rings (SSSR count). The number of likely N-dealkylation sites (tertiary alicyclic amines) is 1. The molecule has 2 fully saturated rings. The number of carbonyl (C=O) groups is 1. The van der Waals surface area contributed by atoms with Crippen LogP contribution in [0.25, 0.3) is 0 Å². The van der Waals surface area contributed by atoms with Gasteiger partial charge in [-0.2, -0.15) is 0 Å². The van der Waals surface area contributed by atoms with Crippen molar-refractivity contribution in [3.63, 3.8) is 0 Å². The Kier molecular flexibility index (Phi) is 4.29. The first kappa shape index (κ1) is 14.6. The van der Waals surface area contributed by atoms with Crippen molar-refractivity contribution in [1.82, 2.24) is 9.88 Å². The van der Waals surface area contributed by atoms with E-state index in [0.29, 0.717) is 24.4 Å². The molecule has 2 heterocycles. The smallest absolute Gasteiger partial charge is 0.323 e. The maximum atomic E-state index is 12.1. The minimum atomic E-state index is -0.139. The lowest BCUT2D eigenvalue weighted by Crippen LogP contribution is -2.42. The number of esters is 1. The van der Waals surface area contributed by atoms with Crippen LogP contribution in [0.4, 0.5) is 0 Å². The Labute approximate surface area is 125 Å². The summed E-state index contributed by atoms with van der Waals surface area (Å²) in [5, 5.41) is 0. The van der Waals surface area contributed by atoms with E-state index in [2.05, 4.69) is 16.8 Å². The van der Waals surface area contributed by atoms with Crippen LogP contribution in [0.3, 0.4) is 0 Å². The molecule has 0 aromatic carbocycles. The summed E-state index contributed by atoms with van der Waals surface area (Å²) in [4.78, 5) is 18.7. The Morgan fingerprint density at radius 2 is 2.29 bits per heavy atom. The van der Waals surface area contributed by atoms with Crippen LogP contribution in [-0.2, 0) is 22.5 Å². The van der Waals surface area contributed by atoms with Crippen LogP contribution >= 0.6 is 0 Å². The number of hydrogen-bond acceptors (Lipinski definition) is 5. The summed E-state index contributed by atoms with van der Waals surface area (Å²) in [6.07, 6.45) is 8.47. The van der Waals surface area contributed by atoms with E-state index in [1.54, 1.807) is 6.20 Å². The summed E-state index contributed by atoms with van der Waals surface area (Å²) in [6.45, 7) is 2.66. The molecule has 2 aliphatic rings. The fraction of sp³-hybridized carbons (Fsp3) is 0.750. The van der Waals surface area contributed by atoms with Crippen molar-refractivity contribution in [2.45, 2.75) is 64.1 Å². The predicted molar refractivity (Wildman–Crippen MR) is 77.6 cm³/mol. The fourth-order valence-corrected chi connectivity index (χ4v) is 3.89.